The third kappa shape index (κ3) is 2.87. The van der Waals surface area contributed by atoms with Crippen LogP contribution in [-0.2, 0) is 6.54 Å². The van der Waals surface area contributed by atoms with Crippen LogP contribution < -0.4 is 10.5 Å². The van der Waals surface area contributed by atoms with Crippen LogP contribution in [0.2, 0.25) is 5.02 Å². The van der Waals surface area contributed by atoms with Gasteiger partial charge in [-0.15, -0.1) is 0 Å². The van der Waals surface area contributed by atoms with E-state index in [1.807, 2.05) is 18.2 Å². The summed E-state index contributed by atoms with van der Waals surface area (Å²) in [4.78, 5) is 23.7. The summed E-state index contributed by atoms with van der Waals surface area (Å²) in [5.41, 5.74) is 1.50. The molecular weight excluding hydrogens is 404 g/mol. The molecule has 0 radical (unpaired) electrons. The number of rotatable bonds is 4. The number of pyridine rings is 1. The van der Waals surface area contributed by atoms with Gasteiger partial charge in [-0.3, -0.25) is 9.78 Å². The van der Waals surface area contributed by atoms with Crippen LogP contribution in [0.15, 0.2) is 58.1 Å². The standard InChI is InChI=1S/C21H17ClN6O2/c22-12-3-1-4-13(7-12)27-9-15-16(10-27)19(15)20-25-18(30-26-20)11-28-21(29)14-5-2-6-23-17(14)8-24-28/h1-8,15-16,19H,9-11H2/t15-,16+,19+. The third-order valence-corrected chi connectivity index (χ3v) is 6.29. The summed E-state index contributed by atoms with van der Waals surface area (Å²) in [6, 6.07) is 11.4. The summed E-state index contributed by atoms with van der Waals surface area (Å²) < 4.78 is 6.75. The predicted octanol–water partition coefficient (Wildman–Crippen LogP) is 2.73. The summed E-state index contributed by atoms with van der Waals surface area (Å²) >= 11 is 6.12. The lowest BCUT2D eigenvalue weighted by Gasteiger charge is -2.21. The highest BCUT2D eigenvalue weighted by Crippen LogP contribution is 2.57. The molecule has 2 fully saturated rings. The van der Waals surface area contributed by atoms with E-state index in [2.05, 4.69) is 31.2 Å². The Hall–Kier alpha value is -3.26. The van der Waals surface area contributed by atoms with E-state index in [1.54, 1.807) is 24.5 Å². The van der Waals surface area contributed by atoms with Crippen LogP contribution in [0.4, 0.5) is 5.69 Å². The van der Waals surface area contributed by atoms with E-state index in [9.17, 15) is 4.79 Å². The van der Waals surface area contributed by atoms with Crippen LogP contribution in [0.5, 0.6) is 0 Å². The average molecular weight is 421 g/mol. The van der Waals surface area contributed by atoms with Crippen molar-refractivity contribution < 1.29 is 4.52 Å². The van der Waals surface area contributed by atoms with Crippen molar-refractivity contribution in [1.29, 1.82) is 0 Å². The molecular formula is C21H17ClN6O2. The first-order valence-electron chi connectivity index (χ1n) is 9.81. The van der Waals surface area contributed by atoms with Crippen LogP contribution in [0, 0.1) is 11.8 Å². The van der Waals surface area contributed by atoms with Crippen molar-refractivity contribution in [2.24, 2.45) is 11.8 Å². The molecule has 0 bridgehead atoms. The van der Waals surface area contributed by atoms with Gasteiger partial charge in [-0.1, -0.05) is 22.8 Å². The molecule has 8 nitrogen and oxygen atoms in total. The largest absolute Gasteiger partial charge is 0.371 e. The van der Waals surface area contributed by atoms with Crippen molar-refractivity contribution in [3.63, 3.8) is 0 Å². The van der Waals surface area contributed by atoms with Crippen LogP contribution in [-0.4, -0.2) is 38.0 Å². The number of nitrogens with zero attached hydrogens (tertiary/aromatic N) is 6. The second-order valence-corrected chi connectivity index (χ2v) is 8.26. The Balaban J connectivity index is 1.16. The quantitative estimate of drug-likeness (QED) is 0.501. The highest BCUT2D eigenvalue weighted by molar-refractivity contribution is 6.30. The van der Waals surface area contributed by atoms with E-state index in [1.165, 1.54) is 4.68 Å². The Bertz CT molecular complexity index is 1310. The first-order valence-corrected chi connectivity index (χ1v) is 10.2. The second-order valence-electron chi connectivity index (χ2n) is 7.83. The highest BCUT2D eigenvalue weighted by atomic mass is 35.5. The molecule has 0 amide bonds. The molecule has 0 spiro atoms. The molecule has 0 unspecified atom stereocenters. The first-order chi connectivity index (χ1) is 14.7. The molecule has 1 saturated carbocycles. The Morgan fingerprint density at radius 2 is 2.03 bits per heavy atom. The lowest BCUT2D eigenvalue weighted by atomic mass is 10.2. The molecule has 30 heavy (non-hydrogen) atoms. The minimum absolute atomic E-state index is 0.146. The average Bonchev–Trinajstić information content (AvgIpc) is 3.10. The van der Waals surface area contributed by atoms with Crippen molar-refractivity contribution in [2.45, 2.75) is 12.5 Å². The fraction of sp³-hybridized carbons (Fsp3) is 0.286. The first kappa shape index (κ1) is 17.6. The SMILES string of the molecule is O=c1c2cccnc2cnn1Cc1nc([C@H]2[C@@H]3CN(c4cccc(Cl)c4)C[C@@H]32)no1. The monoisotopic (exact) mass is 420 g/mol. The van der Waals surface area contributed by atoms with Gasteiger partial charge in [0.1, 0.15) is 6.54 Å². The summed E-state index contributed by atoms with van der Waals surface area (Å²) in [7, 11) is 0. The number of halogens is 1. The van der Waals surface area contributed by atoms with Gasteiger partial charge >= 0.3 is 0 Å². The van der Waals surface area contributed by atoms with Crippen LogP contribution in [0.3, 0.4) is 0 Å². The smallest absolute Gasteiger partial charge is 0.276 e. The summed E-state index contributed by atoms with van der Waals surface area (Å²) in [5, 5.41) is 9.62. The number of aromatic nitrogens is 5. The number of benzene rings is 1. The fourth-order valence-electron chi connectivity index (χ4n) is 4.52. The molecule has 3 aromatic heterocycles. The van der Waals surface area contributed by atoms with Gasteiger partial charge < -0.3 is 9.42 Å². The van der Waals surface area contributed by atoms with Gasteiger partial charge in [-0.05, 0) is 42.2 Å². The normalized spacial score (nSPS) is 22.4. The Morgan fingerprint density at radius 1 is 1.17 bits per heavy atom. The van der Waals surface area contributed by atoms with Gasteiger partial charge in [0.15, 0.2) is 5.82 Å². The Morgan fingerprint density at radius 3 is 2.87 bits per heavy atom. The van der Waals surface area contributed by atoms with Crippen molar-refractivity contribution in [1.82, 2.24) is 24.9 Å². The summed E-state index contributed by atoms with van der Waals surface area (Å²) in [5.74, 6) is 2.45. The number of fused-ring (bicyclic) bond motifs is 2. The van der Waals surface area contributed by atoms with Gasteiger partial charge in [-0.2, -0.15) is 10.1 Å². The van der Waals surface area contributed by atoms with Crippen molar-refractivity contribution in [2.75, 3.05) is 18.0 Å². The summed E-state index contributed by atoms with van der Waals surface area (Å²) in [6.45, 7) is 2.06. The van der Waals surface area contributed by atoms with Gasteiger partial charge in [0.25, 0.3) is 5.56 Å². The van der Waals surface area contributed by atoms with Crippen LogP contribution in [0.1, 0.15) is 17.6 Å². The zero-order chi connectivity index (χ0) is 20.2. The molecule has 0 N–H and O–H groups in total. The van der Waals surface area contributed by atoms with E-state index in [4.69, 9.17) is 16.1 Å². The number of piperidine rings is 1. The molecule has 1 aromatic carbocycles. The van der Waals surface area contributed by atoms with E-state index < -0.39 is 0 Å². The molecule has 1 aliphatic heterocycles. The molecule has 4 aromatic rings. The maximum absolute atomic E-state index is 12.6. The van der Waals surface area contributed by atoms with Gasteiger partial charge in [0, 0.05) is 35.9 Å². The summed E-state index contributed by atoms with van der Waals surface area (Å²) in [6.07, 6.45) is 3.21. The molecule has 1 aliphatic carbocycles. The maximum atomic E-state index is 12.6. The third-order valence-electron chi connectivity index (χ3n) is 6.06. The number of hydrogen-bond acceptors (Lipinski definition) is 7. The van der Waals surface area contributed by atoms with E-state index >= 15 is 0 Å². The van der Waals surface area contributed by atoms with Crippen molar-refractivity contribution in [3.05, 3.63) is 75.9 Å². The molecule has 1 saturated heterocycles. The van der Waals surface area contributed by atoms with Gasteiger partial charge in [0.2, 0.25) is 5.89 Å². The highest BCUT2D eigenvalue weighted by Gasteiger charge is 2.58. The van der Waals surface area contributed by atoms with E-state index in [0.717, 1.165) is 29.6 Å². The van der Waals surface area contributed by atoms with Crippen LogP contribution >= 0.6 is 11.6 Å². The second kappa shape index (κ2) is 6.63. The maximum Gasteiger partial charge on any atom is 0.276 e. The zero-order valence-electron chi connectivity index (χ0n) is 15.8. The zero-order valence-corrected chi connectivity index (χ0v) is 16.6. The molecule has 150 valence electrons. The lowest BCUT2D eigenvalue weighted by Crippen LogP contribution is -2.24. The van der Waals surface area contributed by atoms with Gasteiger partial charge in [-0.25, -0.2) is 4.68 Å². The number of hydrogen-bond donors (Lipinski definition) is 0. The van der Waals surface area contributed by atoms with Crippen molar-refractivity contribution >= 4 is 28.2 Å². The number of anilines is 1. The lowest BCUT2D eigenvalue weighted by molar-refractivity contribution is 0.358. The van der Waals surface area contributed by atoms with Crippen LogP contribution in [0.25, 0.3) is 10.9 Å². The Labute approximate surface area is 176 Å². The van der Waals surface area contributed by atoms with Crippen molar-refractivity contribution in [3.8, 4) is 0 Å². The van der Waals surface area contributed by atoms with E-state index in [0.29, 0.717) is 34.5 Å². The molecule has 9 heteroatoms. The fourth-order valence-corrected chi connectivity index (χ4v) is 4.70. The molecule has 2 aliphatic rings. The minimum Gasteiger partial charge on any atom is -0.371 e. The molecule has 6 rings (SSSR count). The molecule has 4 heterocycles. The minimum atomic E-state index is -0.221. The van der Waals surface area contributed by atoms with Gasteiger partial charge in [0.05, 0.1) is 17.1 Å². The Kier molecular flexibility index (Phi) is 3.89. The van der Waals surface area contributed by atoms with E-state index in [-0.39, 0.29) is 12.1 Å². The molecule has 3 atom stereocenters. The topological polar surface area (TPSA) is 89.9 Å². The predicted molar refractivity (Wildman–Crippen MR) is 111 cm³/mol.